The lowest BCUT2D eigenvalue weighted by Gasteiger charge is -2.26. The van der Waals surface area contributed by atoms with Crippen LogP contribution in [0.1, 0.15) is 0 Å². The second kappa shape index (κ2) is 8.66. The number of aliphatic hydroxyl groups is 1. The van der Waals surface area contributed by atoms with E-state index in [1.165, 1.54) is 0 Å². The molecule has 4 N–H and O–H groups in total. The van der Waals surface area contributed by atoms with E-state index in [-0.39, 0.29) is 0 Å². The minimum atomic E-state index is -0.537. The summed E-state index contributed by atoms with van der Waals surface area (Å²) < 4.78 is 0. The summed E-state index contributed by atoms with van der Waals surface area (Å²) in [5.41, 5.74) is 0. The number of rotatable bonds is 2. The monoisotopic (exact) mass is 228 g/mol. The second-order valence-corrected chi connectivity index (χ2v) is 3.94. The minimum absolute atomic E-state index is 0.537. The Balaban J connectivity index is 2.32. The van der Waals surface area contributed by atoms with Crippen molar-refractivity contribution in [1.29, 1.82) is 0 Å². The van der Waals surface area contributed by atoms with Crippen LogP contribution in [-0.2, 0) is 0 Å². The van der Waals surface area contributed by atoms with Crippen LogP contribution in [0.2, 0.25) is 0 Å². The van der Waals surface area contributed by atoms with Crippen molar-refractivity contribution in [3.05, 3.63) is 12.7 Å². The van der Waals surface area contributed by atoms with Crippen molar-refractivity contribution < 1.29 is 5.11 Å². The SMILES string of the molecule is C=CC(O)N1CCNCCNCCNCC1. The number of aliphatic hydroxyl groups excluding tert-OH is 1. The van der Waals surface area contributed by atoms with Crippen molar-refractivity contribution in [3.8, 4) is 0 Å². The van der Waals surface area contributed by atoms with Gasteiger partial charge in [-0.2, -0.15) is 0 Å². The van der Waals surface area contributed by atoms with Gasteiger partial charge in [0, 0.05) is 52.4 Å². The Morgan fingerprint density at radius 3 is 1.81 bits per heavy atom. The van der Waals surface area contributed by atoms with E-state index in [1.807, 2.05) is 4.90 Å². The maximum absolute atomic E-state index is 9.73. The molecule has 0 amide bonds. The highest BCUT2D eigenvalue weighted by Gasteiger charge is 2.11. The highest BCUT2D eigenvalue weighted by molar-refractivity contribution is 4.80. The van der Waals surface area contributed by atoms with E-state index in [0.717, 1.165) is 52.4 Å². The first-order chi connectivity index (χ1) is 7.84. The van der Waals surface area contributed by atoms with Crippen molar-refractivity contribution in [2.45, 2.75) is 6.23 Å². The Morgan fingerprint density at radius 2 is 1.38 bits per heavy atom. The predicted octanol–water partition coefficient (Wildman–Crippen LogP) is -1.42. The molecule has 5 nitrogen and oxygen atoms in total. The van der Waals surface area contributed by atoms with Gasteiger partial charge in [-0.15, -0.1) is 0 Å². The highest BCUT2D eigenvalue weighted by Crippen LogP contribution is 1.95. The summed E-state index contributed by atoms with van der Waals surface area (Å²) >= 11 is 0. The number of hydrogen-bond acceptors (Lipinski definition) is 5. The first-order valence-electron chi connectivity index (χ1n) is 6.01. The van der Waals surface area contributed by atoms with E-state index in [1.54, 1.807) is 6.08 Å². The Hall–Kier alpha value is -0.460. The van der Waals surface area contributed by atoms with Gasteiger partial charge in [0.05, 0.1) is 0 Å². The molecule has 0 saturated carbocycles. The number of nitrogens with one attached hydrogen (secondary N) is 3. The van der Waals surface area contributed by atoms with E-state index in [4.69, 9.17) is 0 Å². The van der Waals surface area contributed by atoms with Crippen molar-refractivity contribution in [2.75, 3.05) is 52.4 Å². The molecular weight excluding hydrogens is 204 g/mol. The molecule has 0 spiro atoms. The molecule has 1 aliphatic heterocycles. The molecule has 1 aliphatic rings. The van der Waals surface area contributed by atoms with Gasteiger partial charge in [0.15, 0.2) is 0 Å². The van der Waals surface area contributed by atoms with E-state index >= 15 is 0 Å². The van der Waals surface area contributed by atoms with Gasteiger partial charge in [0.25, 0.3) is 0 Å². The van der Waals surface area contributed by atoms with Crippen LogP contribution < -0.4 is 16.0 Å². The van der Waals surface area contributed by atoms with E-state index < -0.39 is 6.23 Å². The Bertz CT molecular complexity index is 177. The molecule has 0 aromatic heterocycles. The average molecular weight is 228 g/mol. The van der Waals surface area contributed by atoms with Gasteiger partial charge in [-0.25, -0.2) is 0 Å². The standard InChI is InChI=1S/C11H24N4O/c1-2-11(16)15-9-7-13-5-3-12-4-6-14-8-10-15/h2,11-14,16H,1,3-10H2. The number of nitrogens with zero attached hydrogens (tertiary/aromatic N) is 1. The lowest BCUT2D eigenvalue weighted by atomic mass is 10.3. The van der Waals surface area contributed by atoms with Crippen molar-refractivity contribution >= 4 is 0 Å². The van der Waals surface area contributed by atoms with Gasteiger partial charge in [0.2, 0.25) is 0 Å². The van der Waals surface area contributed by atoms with Gasteiger partial charge in [-0.3, -0.25) is 4.90 Å². The lowest BCUT2D eigenvalue weighted by molar-refractivity contribution is 0.0434. The maximum atomic E-state index is 9.73. The summed E-state index contributed by atoms with van der Waals surface area (Å²) in [5, 5.41) is 19.8. The zero-order valence-corrected chi connectivity index (χ0v) is 9.91. The quantitative estimate of drug-likeness (QED) is 0.437. The van der Waals surface area contributed by atoms with Crippen LogP contribution in [0.4, 0.5) is 0 Å². The maximum Gasteiger partial charge on any atom is 0.126 e. The van der Waals surface area contributed by atoms with Gasteiger partial charge in [0.1, 0.15) is 6.23 Å². The average Bonchev–Trinajstić information content (AvgIpc) is 2.29. The molecule has 1 fully saturated rings. The van der Waals surface area contributed by atoms with Gasteiger partial charge in [-0.1, -0.05) is 6.58 Å². The fourth-order valence-electron chi connectivity index (χ4n) is 1.70. The third-order valence-corrected chi connectivity index (χ3v) is 2.69. The van der Waals surface area contributed by atoms with Gasteiger partial charge in [-0.05, 0) is 6.08 Å². The van der Waals surface area contributed by atoms with Crippen molar-refractivity contribution in [3.63, 3.8) is 0 Å². The van der Waals surface area contributed by atoms with Crippen LogP contribution in [-0.4, -0.2) is 68.6 Å². The summed E-state index contributed by atoms with van der Waals surface area (Å²) in [6, 6.07) is 0. The normalized spacial score (nSPS) is 24.1. The van der Waals surface area contributed by atoms with Crippen LogP contribution in [0.5, 0.6) is 0 Å². The molecule has 94 valence electrons. The highest BCUT2D eigenvalue weighted by atomic mass is 16.3. The van der Waals surface area contributed by atoms with Crippen molar-refractivity contribution in [1.82, 2.24) is 20.9 Å². The molecule has 16 heavy (non-hydrogen) atoms. The van der Waals surface area contributed by atoms with Crippen LogP contribution in [0.3, 0.4) is 0 Å². The summed E-state index contributed by atoms with van der Waals surface area (Å²) in [7, 11) is 0. The van der Waals surface area contributed by atoms with E-state index in [0.29, 0.717) is 0 Å². The second-order valence-electron chi connectivity index (χ2n) is 3.94. The first-order valence-corrected chi connectivity index (χ1v) is 6.01. The molecule has 1 unspecified atom stereocenters. The molecule has 0 aromatic rings. The molecule has 1 heterocycles. The van der Waals surface area contributed by atoms with E-state index in [2.05, 4.69) is 22.5 Å². The van der Waals surface area contributed by atoms with E-state index in [9.17, 15) is 5.11 Å². The van der Waals surface area contributed by atoms with Crippen molar-refractivity contribution in [2.24, 2.45) is 0 Å². The molecule has 0 radical (unpaired) electrons. The Morgan fingerprint density at radius 1 is 0.938 bits per heavy atom. The molecule has 0 aliphatic carbocycles. The smallest absolute Gasteiger partial charge is 0.126 e. The summed E-state index contributed by atoms with van der Waals surface area (Å²) in [6.45, 7) is 11.0. The summed E-state index contributed by atoms with van der Waals surface area (Å²) in [6.07, 6.45) is 1.04. The fourth-order valence-corrected chi connectivity index (χ4v) is 1.70. The third kappa shape index (κ3) is 5.58. The molecule has 0 bridgehead atoms. The Kier molecular flexibility index (Phi) is 7.37. The van der Waals surface area contributed by atoms with Gasteiger partial charge >= 0.3 is 0 Å². The van der Waals surface area contributed by atoms with Crippen LogP contribution in [0.15, 0.2) is 12.7 Å². The Labute approximate surface area is 97.9 Å². The molecule has 1 rings (SSSR count). The first kappa shape index (κ1) is 13.6. The molecule has 1 atom stereocenters. The molecular formula is C11H24N4O. The van der Waals surface area contributed by atoms with Gasteiger partial charge < -0.3 is 21.1 Å². The number of hydrogen-bond donors (Lipinski definition) is 4. The predicted molar refractivity (Wildman–Crippen MR) is 66.4 cm³/mol. The zero-order valence-electron chi connectivity index (χ0n) is 9.91. The van der Waals surface area contributed by atoms with Crippen LogP contribution in [0.25, 0.3) is 0 Å². The lowest BCUT2D eigenvalue weighted by Crippen LogP contribution is -2.45. The van der Waals surface area contributed by atoms with Crippen LogP contribution >= 0.6 is 0 Å². The largest absolute Gasteiger partial charge is 0.375 e. The van der Waals surface area contributed by atoms with Crippen LogP contribution in [0, 0.1) is 0 Å². The minimum Gasteiger partial charge on any atom is -0.375 e. The third-order valence-electron chi connectivity index (χ3n) is 2.69. The molecule has 0 aromatic carbocycles. The topological polar surface area (TPSA) is 59.6 Å². The fraction of sp³-hybridized carbons (Fsp3) is 0.818. The zero-order chi connectivity index (χ0) is 11.6. The summed E-state index contributed by atoms with van der Waals surface area (Å²) in [4.78, 5) is 2.02. The summed E-state index contributed by atoms with van der Waals surface area (Å²) in [5.74, 6) is 0. The molecule has 5 heteroatoms. The molecule has 1 saturated heterocycles.